The Morgan fingerprint density at radius 2 is 1.90 bits per heavy atom. The molecule has 0 bridgehead atoms. The van der Waals surface area contributed by atoms with E-state index in [1.807, 2.05) is 0 Å². The number of carbonyl (C=O) groups is 2. The van der Waals surface area contributed by atoms with Crippen LogP contribution in [-0.2, 0) is 20.7 Å². The predicted molar refractivity (Wildman–Crippen MR) is 66.7 cm³/mol. The van der Waals surface area contributed by atoms with E-state index in [1.54, 1.807) is 0 Å². The lowest BCUT2D eigenvalue weighted by molar-refractivity contribution is -0.385. The highest BCUT2D eigenvalue weighted by Crippen LogP contribution is 2.38. The van der Waals surface area contributed by atoms with Crippen molar-refractivity contribution < 1.29 is 28.7 Å². The summed E-state index contributed by atoms with van der Waals surface area (Å²) in [4.78, 5) is 32.3. The van der Waals surface area contributed by atoms with E-state index < -0.39 is 16.9 Å². The summed E-state index contributed by atoms with van der Waals surface area (Å²) >= 11 is 0. The summed E-state index contributed by atoms with van der Waals surface area (Å²) in [6, 6.07) is 2.58. The summed E-state index contributed by atoms with van der Waals surface area (Å²) < 4.78 is 14.3. The van der Waals surface area contributed by atoms with Gasteiger partial charge in [0, 0.05) is 13.0 Å². The molecule has 1 aromatic rings. The molecule has 0 amide bonds. The molecule has 8 nitrogen and oxygen atoms in total. The van der Waals surface area contributed by atoms with E-state index in [9.17, 15) is 19.7 Å². The van der Waals surface area contributed by atoms with E-state index in [4.69, 9.17) is 9.47 Å². The summed E-state index contributed by atoms with van der Waals surface area (Å²) in [6.45, 7) is 1.09. The van der Waals surface area contributed by atoms with Crippen LogP contribution in [0, 0.1) is 10.1 Å². The molecule has 0 unspecified atom stereocenters. The molecule has 0 aromatic heterocycles. The van der Waals surface area contributed by atoms with Crippen LogP contribution in [0.1, 0.15) is 12.5 Å². The lowest BCUT2D eigenvalue weighted by Gasteiger charge is -2.10. The normalized spacial score (nSPS) is 9.75. The van der Waals surface area contributed by atoms with Crippen LogP contribution in [0.4, 0.5) is 5.69 Å². The Balaban J connectivity index is 3.15. The molecular weight excluding hydrogens is 270 g/mol. The van der Waals surface area contributed by atoms with Crippen molar-refractivity contribution in [1.82, 2.24) is 0 Å². The molecule has 0 spiro atoms. The Bertz CT molecular complexity index is 553. The van der Waals surface area contributed by atoms with Gasteiger partial charge in [-0.25, -0.2) is 0 Å². The molecule has 0 aliphatic carbocycles. The average Bonchev–Trinajstić information content (AvgIpc) is 2.36. The number of nitrogens with zero attached hydrogens (tertiary/aromatic N) is 1. The molecule has 1 aromatic carbocycles. The zero-order chi connectivity index (χ0) is 15.3. The van der Waals surface area contributed by atoms with Gasteiger partial charge in [0.15, 0.2) is 5.75 Å². The number of nitro benzene ring substituents is 1. The Morgan fingerprint density at radius 1 is 1.25 bits per heavy atom. The second-order valence-corrected chi connectivity index (χ2v) is 3.75. The molecule has 0 N–H and O–H groups in total. The number of carbonyl (C=O) groups excluding carboxylic acids is 2. The minimum atomic E-state index is -0.806. The Hall–Kier alpha value is -2.64. The fourth-order valence-electron chi connectivity index (χ4n) is 1.60. The third-order valence-electron chi connectivity index (χ3n) is 2.32. The summed E-state index contributed by atoms with van der Waals surface area (Å²) in [5, 5.41) is 11.0. The van der Waals surface area contributed by atoms with Crippen molar-refractivity contribution in [3.63, 3.8) is 0 Å². The summed E-state index contributed by atoms with van der Waals surface area (Å²) in [6.07, 6.45) is -0.291. The molecule has 0 aliphatic rings. The van der Waals surface area contributed by atoms with Gasteiger partial charge in [0.2, 0.25) is 5.75 Å². The largest absolute Gasteiger partial charge is 0.493 e. The van der Waals surface area contributed by atoms with Crippen molar-refractivity contribution in [1.29, 1.82) is 0 Å². The van der Waals surface area contributed by atoms with Gasteiger partial charge in [-0.2, -0.15) is 0 Å². The van der Waals surface area contributed by atoms with Gasteiger partial charge in [0.25, 0.3) is 0 Å². The smallest absolute Gasteiger partial charge is 0.317 e. The monoisotopic (exact) mass is 283 g/mol. The average molecular weight is 283 g/mol. The second-order valence-electron chi connectivity index (χ2n) is 3.75. The number of benzene rings is 1. The number of rotatable bonds is 5. The van der Waals surface area contributed by atoms with Gasteiger partial charge in [-0.05, 0) is 11.6 Å². The van der Waals surface area contributed by atoms with Crippen LogP contribution >= 0.6 is 0 Å². The maximum Gasteiger partial charge on any atom is 0.317 e. The molecule has 1 rings (SSSR count). The molecule has 0 aliphatic heterocycles. The highest BCUT2D eigenvalue weighted by atomic mass is 16.6. The summed E-state index contributed by atoms with van der Waals surface area (Å²) in [5.41, 5.74) is -0.0573. The first-order chi connectivity index (χ1) is 9.38. The first-order valence-corrected chi connectivity index (χ1v) is 5.49. The molecule has 0 radical (unpaired) electrons. The van der Waals surface area contributed by atoms with E-state index >= 15 is 0 Å². The van der Waals surface area contributed by atoms with Gasteiger partial charge in [0.05, 0.1) is 25.6 Å². The number of hydrogen-bond donors (Lipinski definition) is 0. The number of methoxy groups -OCH3 is 2. The van der Waals surface area contributed by atoms with Crippen molar-refractivity contribution in [3.05, 3.63) is 27.8 Å². The van der Waals surface area contributed by atoms with Crippen LogP contribution in [0.5, 0.6) is 11.5 Å². The molecule has 108 valence electrons. The SMILES string of the molecule is COc1cc(CC(=O)OC(C)=O)cc([N+](=O)[O-])c1OC. The maximum atomic E-state index is 11.4. The lowest BCUT2D eigenvalue weighted by atomic mass is 10.1. The quantitative estimate of drug-likeness (QED) is 0.346. The second kappa shape index (κ2) is 6.50. The summed E-state index contributed by atoms with van der Waals surface area (Å²) in [7, 11) is 2.59. The van der Waals surface area contributed by atoms with Crippen LogP contribution in [-0.4, -0.2) is 31.1 Å². The van der Waals surface area contributed by atoms with E-state index in [-0.39, 0.29) is 29.2 Å². The lowest BCUT2D eigenvalue weighted by Crippen LogP contribution is -2.12. The van der Waals surface area contributed by atoms with Gasteiger partial charge in [-0.15, -0.1) is 0 Å². The zero-order valence-corrected chi connectivity index (χ0v) is 11.2. The molecule has 0 saturated carbocycles. The maximum absolute atomic E-state index is 11.4. The number of hydrogen-bond acceptors (Lipinski definition) is 7. The van der Waals surface area contributed by atoms with Gasteiger partial charge in [-0.1, -0.05) is 0 Å². The molecule has 0 saturated heterocycles. The predicted octanol–water partition coefficient (Wildman–Crippen LogP) is 1.24. The highest BCUT2D eigenvalue weighted by molar-refractivity contribution is 5.85. The molecule has 0 atom stereocenters. The summed E-state index contributed by atoms with van der Waals surface area (Å²) in [5.74, 6) is -1.47. The van der Waals surface area contributed by atoms with Crippen LogP contribution < -0.4 is 9.47 Å². The molecule has 8 heteroatoms. The Kier molecular flexibility index (Phi) is 5.01. The molecular formula is C12H13NO7. The van der Waals surface area contributed by atoms with Gasteiger partial charge in [-0.3, -0.25) is 19.7 Å². The van der Waals surface area contributed by atoms with E-state index in [0.29, 0.717) is 0 Å². The van der Waals surface area contributed by atoms with E-state index in [1.165, 1.54) is 26.4 Å². The number of nitro groups is 1. The number of esters is 2. The highest BCUT2D eigenvalue weighted by Gasteiger charge is 2.22. The van der Waals surface area contributed by atoms with Crippen LogP contribution in [0.2, 0.25) is 0 Å². The fourth-order valence-corrected chi connectivity index (χ4v) is 1.60. The van der Waals surface area contributed by atoms with Gasteiger partial charge < -0.3 is 14.2 Å². The van der Waals surface area contributed by atoms with E-state index in [0.717, 1.165) is 6.92 Å². The Labute approximate surface area is 114 Å². The first-order valence-electron chi connectivity index (χ1n) is 5.49. The molecule has 0 fully saturated rings. The fraction of sp³-hybridized carbons (Fsp3) is 0.333. The minimum absolute atomic E-state index is 0.0406. The molecule has 0 heterocycles. The van der Waals surface area contributed by atoms with Crippen LogP contribution in [0.25, 0.3) is 0 Å². The topological polar surface area (TPSA) is 105 Å². The van der Waals surface area contributed by atoms with Crippen LogP contribution in [0.15, 0.2) is 12.1 Å². The minimum Gasteiger partial charge on any atom is -0.493 e. The van der Waals surface area contributed by atoms with Crippen molar-refractivity contribution in [2.45, 2.75) is 13.3 Å². The zero-order valence-electron chi connectivity index (χ0n) is 11.2. The molecule has 20 heavy (non-hydrogen) atoms. The van der Waals surface area contributed by atoms with Crippen molar-refractivity contribution in [2.75, 3.05) is 14.2 Å². The third-order valence-corrected chi connectivity index (χ3v) is 2.32. The van der Waals surface area contributed by atoms with Gasteiger partial charge >= 0.3 is 17.6 Å². The van der Waals surface area contributed by atoms with Crippen molar-refractivity contribution in [2.24, 2.45) is 0 Å². The van der Waals surface area contributed by atoms with Crippen LogP contribution in [0.3, 0.4) is 0 Å². The first kappa shape index (κ1) is 15.4. The van der Waals surface area contributed by atoms with E-state index in [2.05, 4.69) is 4.74 Å². The Morgan fingerprint density at radius 3 is 2.35 bits per heavy atom. The van der Waals surface area contributed by atoms with Crippen molar-refractivity contribution >= 4 is 17.6 Å². The third kappa shape index (κ3) is 3.67. The van der Waals surface area contributed by atoms with Gasteiger partial charge in [0.1, 0.15) is 0 Å². The standard InChI is InChI=1S/C12H13NO7/c1-7(14)20-11(15)6-8-4-9(13(16)17)12(19-3)10(5-8)18-2/h4-5H,6H2,1-3H3. The number of ether oxygens (including phenoxy) is 3. The van der Waals surface area contributed by atoms with Crippen molar-refractivity contribution in [3.8, 4) is 11.5 Å².